The number of ketones is 1. The molecule has 188 valence electrons. The molecule has 1 fully saturated rings. The second-order valence-electron chi connectivity index (χ2n) is 8.89. The summed E-state index contributed by atoms with van der Waals surface area (Å²) in [6, 6.07) is 17.2. The first-order valence-electron chi connectivity index (χ1n) is 11.8. The van der Waals surface area contributed by atoms with Gasteiger partial charge in [0.15, 0.2) is 17.6 Å². The van der Waals surface area contributed by atoms with Crippen molar-refractivity contribution in [3.8, 4) is 16.9 Å². The fourth-order valence-electron chi connectivity index (χ4n) is 4.69. The van der Waals surface area contributed by atoms with Gasteiger partial charge in [0.05, 0.1) is 21.8 Å². The normalized spacial score (nSPS) is 17.0. The number of anilines is 2. The molecule has 0 spiro atoms. The van der Waals surface area contributed by atoms with Gasteiger partial charge in [-0.1, -0.05) is 48.1 Å². The summed E-state index contributed by atoms with van der Waals surface area (Å²) in [5.41, 5.74) is 2.96. The Hall–Kier alpha value is -4.11. The van der Waals surface area contributed by atoms with Gasteiger partial charge in [-0.05, 0) is 61.0 Å². The molecule has 5 rings (SSSR count). The van der Waals surface area contributed by atoms with Crippen molar-refractivity contribution in [2.24, 2.45) is 16.8 Å². The van der Waals surface area contributed by atoms with Crippen molar-refractivity contribution in [3.05, 3.63) is 72.0 Å². The first kappa shape index (κ1) is 24.6. The number of ether oxygens (including phenoxy) is 1. The number of halogens is 1. The second kappa shape index (κ2) is 10.5. The van der Waals surface area contributed by atoms with E-state index in [1.54, 1.807) is 42.5 Å². The van der Waals surface area contributed by atoms with Crippen LogP contribution in [0, 0.1) is 17.7 Å². The van der Waals surface area contributed by atoms with E-state index in [9.17, 15) is 19.1 Å². The molecular formula is C28H24FN3O4S. The summed E-state index contributed by atoms with van der Waals surface area (Å²) in [5.74, 6) is -1.95. The molecule has 0 aliphatic heterocycles. The summed E-state index contributed by atoms with van der Waals surface area (Å²) < 4.78 is 21.3. The molecule has 37 heavy (non-hydrogen) atoms. The van der Waals surface area contributed by atoms with Crippen LogP contribution < -0.4 is 10.1 Å². The van der Waals surface area contributed by atoms with Crippen molar-refractivity contribution in [3.63, 3.8) is 0 Å². The van der Waals surface area contributed by atoms with E-state index >= 15 is 0 Å². The van der Waals surface area contributed by atoms with Crippen molar-refractivity contribution in [1.82, 2.24) is 4.98 Å². The Bertz CT molecular complexity index is 1480. The highest BCUT2D eigenvalue weighted by atomic mass is 32.1. The number of carbonyl (C=O) groups excluding carboxylic acids is 1. The van der Waals surface area contributed by atoms with E-state index < -0.39 is 23.6 Å². The first-order valence-corrected chi connectivity index (χ1v) is 12.6. The summed E-state index contributed by atoms with van der Waals surface area (Å²) >= 11 is 1.38. The molecular weight excluding hydrogens is 493 g/mol. The fourth-order valence-corrected chi connectivity index (χ4v) is 5.60. The monoisotopic (exact) mass is 517 g/mol. The van der Waals surface area contributed by atoms with Crippen LogP contribution >= 0.6 is 11.3 Å². The summed E-state index contributed by atoms with van der Waals surface area (Å²) in [6.45, 7) is 3.56. The zero-order chi connectivity index (χ0) is 25.9. The molecule has 9 heteroatoms. The van der Waals surface area contributed by atoms with Crippen molar-refractivity contribution >= 4 is 50.8 Å². The number of rotatable bonds is 9. The molecule has 0 amide bonds. The van der Waals surface area contributed by atoms with E-state index in [0.717, 1.165) is 22.2 Å². The molecule has 4 aromatic rings. The Kier molecular flexibility index (Phi) is 6.96. The Morgan fingerprint density at radius 2 is 1.84 bits per heavy atom. The highest BCUT2D eigenvalue weighted by molar-refractivity contribution is 7.22. The number of carboxylic acid groups (broad SMARTS) is 1. The zero-order valence-electron chi connectivity index (χ0n) is 19.8. The lowest BCUT2D eigenvalue weighted by Gasteiger charge is -2.15. The molecule has 0 unspecified atom stereocenters. The third-order valence-corrected chi connectivity index (χ3v) is 7.50. The van der Waals surface area contributed by atoms with Crippen LogP contribution in [-0.4, -0.2) is 35.3 Å². The number of benzene rings is 3. The van der Waals surface area contributed by atoms with E-state index in [0.29, 0.717) is 40.5 Å². The SMILES string of the molecule is C=NCOc1ccc2nc(Nc3ccc(-c4ccc(C(=O)[C@@H]5CCC[C@H]5C(=O)O)cc4)cc3F)sc2c1. The van der Waals surface area contributed by atoms with Crippen LogP contribution in [0.3, 0.4) is 0 Å². The number of nitrogens with zero attached hydrogens (tertiary/aromatic N) is 2. The minimum absolute atomic E-state index is 0.144. The Balaban J connectivity index is 1.30. The first-order chi connectivity index (χ1) is 17.9. The highest BCUT2D eigenvalue weighted by Gasteiger charge is 2.37. The number of Topliss-reactive ketones (excluding diaryl/α,β-unsaturated/α-hetero) is 1. The predicted molar refractivity (Wildman–Crippen MR) is 143 cm³/mol. The summed E-state index contributed by atoms with van der Waals surface area (Å²) in [6.07, 6.45) is 1.86. The molecule has 0 saturated heterocycles. The molecule has 1 heterocycles. The van der Waals surface area contributed by atoms with E-state index in [2.05, 4.69) is 22.0 Å². The third-order valence-electron chi connectivity index (χ3n) is 6.57. The summed E-state index contributed by atoms with van der Waals surface area (Å²) in [7, 11) is 0. The van der Waals surface area contributed by atoms with Gasteiger partial charge in [-0.3, -0.25) is 14.6 Å². The second-order valence-corrected chi connectivity index (χ2v) is 9.92. The van der Waals surface area contributed by atoms with Crippen LogP contribution in [0.25, 0.3) is 21.3 Å². The van der Waals surface area contributed by atoms with Gasteiger partial charge in [-0.25, -0.2) is 9.37 Å². The minimum Gasteiger partial charge on any atom is -0.481 e. The maximum Gasteiger partial charge on any atom is 0.307 e. The largest absolute Gasteiger partial charge is 0.481 e. The molecule has 1 aliphatic carbocycles. The van der Waals surface area contributed by atoms with Gasteiger partial charge in [-0.2, -0.15) is 0 Å². The lowest BCUT2D eigenvalue weighted by molar-refractivity contribution is -0.142. The number of aliphatic imine (C=N–C) groups is 1. The van der Waals surface area contributed by atoms with Crippen LogP contribution in [0.4, 0.5) is 15.2 Å². The molecule has 0 bridgehead atoms. The standard InChI is InChI=1S/C28H24FN3O4S/c1-30-15-36-19-10-12-24-25(14-19)37-28(32-24)31-23-11-9-18(13-22(23)29)16-5-7-17(8-6-16)26(33)20-3-2-4-21(20)27(34)35/h5-14,20-21H,1-4,15H2,(H,31,32)(H,34,35)/t20-,21-/m1/s1. The van der Waals surface area contributed by atoms with Gasteiger partial charge >= 0.3 is 5.97 Å². The minimum atomic E-state index is -0.915. The van der Waals surface area contributed by atoms with Crippen molar-refractivity contribution in [2.45, 2.75) is 19.3 Å². The quantitative estimate of drug-likeness (QED) is 0.192. The van der Waals surface area contributed by atoms with Gasteiger partial charge in [0, 0.05) is 11.5 Å². The Morgan fingerprint density at radius 3 is 2.57 bits per heavy atom. The average Bonchev–Trinajstić information content (AvgIpc) is 3.55. The van der Waals surface area contributed by atoms with Crippen molar-refractivity contribution in [1.29, 1.82) is 0 Å². The maximum atomic E-state index is 15.0. The molecule has 1 saturated carbocycles. The summed E-state index contributed by atoms with van der Waals surface area (Å²) in [4.78, 5) is 32.5. The number of aromatic nitrogens is 1. The number of carboxylic acids is 1. The third kappa shape index (κ3) is 5.22. The Labute approximate surface area is 216 Å². The molecule has 2 N–H and O–H groups in total. The van der Waals surface area contributed by atoms with E-state index in [-0.39, 0.29) is 12.5 Å². The number of carbonyl (C=O) groups is 2. The van der Waals surface area contributed by atoms with Gasteiger partial charge in [0.2, 0.25) is 0 Å². The fraction of sp³-hybridized carbons (Fsp3) is 0.214. The average molecular weight is 518 g/mol. The number of hydrogen-bond acceptors (Lipinski definition) is 7. The van der Waals surface area contributed by atoms with E-state index in [4.69, 9.17) is 4.74 Å². The number of fused-ring (bicyclic) bond motifs is 1. The van der Waals surface area contributed by atoms with Crippen LogP contribution in [0.1, 0.15) is 29.6 Å². The number of hydrogen-bond donors (Lipinski definition) is 2. The van der Waals surface area contributed by atoms with Gasteiger partial charge < -0.3 is 15.2 Å². The van der Waals surface area contributed by atoms with E-state index in [1.165, 1.54) is 17.4 Å². The van der Waals surface area contributed by atoms with Crippen LogP contribution in [0.5, 0.6) is 5.75 Å². The summed E-state index contributed by atoms with van der Waals surface area (Å²) in [5, 5.41) is 13.0. The van der Waals surface area contributed by atoms with Gasteiger partial charge in [0.1, 0.15) is 11.6 Å². The number of aliphatic carboxylic acids is 1. The highest BCUT2D eigenvalue weighted by Crippen LogP contribution is 2.36. The van der Waals surface area contributed by atoms with Crippen molar-refractivity contribution < 1.29 is 23.8 Å². The number of thiazole rings is 1. The van der Waals surface area contributed by atoms with Crippen LogP contribution in [-0.2, 0) is 4.79 Å². The Morgan fingerprint density at radius 1 is 1.08 bits per heavy atom. The predicted octanol–water partition coefficient (Wildman–Crippen LogP) is 6.57. The molecule has 3 aromatic carbocycles. The molecule has 1 aromatic heterocycles. The maximum absolute atomic E-state index is 15.0. The number of nitrogens with one attached hydrogen (secondary N) is 1. The topological polar surface area (TPSA) is 101 Å². The smallest absolute Gasteiger partial charge is 0.307 e. The van der Waals surface area contributed by atoms with Crippen LogP contribution in [0.2, 0.25) is 0 Å². The van der Waals surface area contributed by atoms with E-state index in [1.807, 2.05) is 12.1 Å². The lowest BCUT2D eigenvalue weighted by atomic mass is 9.88. The van der Waals surface area contributed by atoms with Gasteiger partial charge in [-0.15, -0.1) is 0 Å². The van der Waals surface area contributed by atoms with Crippen LogP contribution in [0.15, 0.2) is 65.7 Å². The van der Waals surface area contributed by atoms with Crippen molar-refractivity contribution in [2.75, 3.05) is 12.0 Å². The zero-order valence-corrected chi connectivity index (χ0v) is 20.6. The van der Waals surface area contributed by atoms with Gasteiger partial charge in [0.25, 0.3) is 0 Å². The molecule has 2 atom stereocenters. The lowest BCUT2D eigenvalue weighted by Crippen LogP contribution is -2.25. The molecule has 1 aliphatic rings. The molecule has 0 radical (unpaired) electrons. The molecule has 7 nitrogen and oxygen atoms in total.